The molecule has 1 N–H and O–H groups in total. The van der Waals surface area contributed by atoms with Gasteiger partial charge in [0, 0.05) is 10.0 Å². The summed E-state index contributed by atoms with van der Waals surface area (Å²) in [5.74, 6) is 5.02. The first-order valence-electron chi connectivity index (χ1n) is 6.04. The molecule has 0 saturated heterocycles. The van der Waals surface area contributed by atoms with Crippen molar-refractivity contribution in [3.05, 3.63) is 68.9 Å². The van der Waals surface area contributed by atoms with E-state index in [4.69, 9.17) is 11.6 Å². The van der Waals surface area contributed by atoms with Crippen LogP contribution in [0, 0.1) is 17.7 Å². The Bertz CT molecular complexity index is 719. The van der Waals surface area contributed by atoms with Gasteiger partial charge in [0.2, 0.25) is 0 Å². The van der Waals surface area contributed by atoms with Gasteiger partial charge in [-0.15, -0.1) is 0 Å². The van der Waals surface area contributed by atoms with Gasteiger partial charge < -0.3 is 5.32 Å². The lowest BCUT2D eigenvalue weighted by Gasteiger charge is -2.04. The molecule has 0 aliphatic heterocycles. The van der Waals surface area contributed by atoms with E-state index < -0.39 is 0 Å². The van der Waals surface area contributed by atoms with Gasteiger partial charge in [-0.25, -0.2) is 4.39 Å². The van der Waals surface area contributed by atoms with Crippen LogP contribution >= 0.6 is 27.5 Å². The molecule has 0 atom stereocenters. The van der Waals surface area contributed by atoms with E-state index >= 15 is 0 Å². The molecule has 0 radical (unpaired) electrons. The van der Waals surface area contributed by atoms with Crippen molar-refractivity contribution in [1.82, 2.24) is 5.32 Å². The second-order valence-corrected chi connectivity index (χ2v) is 5.44. The van der Waals surface area contributed by atoms with Crippen LogP contribution in [0.5, 0.6) is 0 Å². The van der Waals surface area contributed by atoms with Crippen LogP contribution in [-0.2, 0) is 0 Å². The summed E-state index contributed by atoms with van der Waals surface area (Å²) in [6, 6.07) is 10.9. The standard InChI is InChI=1S/C16H10BrClFNO/c17-12-5-8-15(18)14(10-12)16(21)20-9-1-2-11-3-6-13(19)7-4-11/h3-8,10H,9H2,(H,20,21). The molecule has 5 heteroatoms. The second kappa shape index (κ2) is 7.26. The second-order valence-electron chi connectivity index (χ2n) is 4.12. The Kier molecular flexibility index (Phi) is 5.38. The molecule has 106 valence electrons. The average Bonchev–Trinajstić information content (AvgIpc) is 2.47. The van der Waals surface area contributed by atoms with Gasteiger partial charge in [-0.2, -0.15) is 0 Å². The molecule has 2 aromatic rings. The van der Waals surface area contributed by atoms with E-state index in [0.29, 0.717) is 16.1 Å². The van der Waals surface area contributed by atoms with Crippen molar-refractivity contribution in [1.29, 1.82) is 0 Å². The van der Waals surface area contributed by atoms with E-state index in [-0.39, 0.29) is 18.3 Å². The Morgan fingerprint density at radius 3 is 2.67 bits per heavy atom. The smallest absolute Gasteiger partial charge is 0.253 e. The average molecular weight is 367 g/mol. The SMILES string of the molecule is O=C(NCC#Cc1ccc(F)cc1)c1cc(Br)ccc1Cl. The molecule has 0 aromatic heterocycles. The molecule has 0 fully saturated rings. The van der Waals surface area contributed by atoms with E-state index in [1.165, 1.54) is 12.1 Å². The maximum Gasteiger partial charge on any atom is 0.253 e. The third kappa shape index (κ3) is 4.59. The van der Waals surface area contributed by atoms with Gasteiger partial charge >= 0.3 is 0 Å². The first-order chi connectivity index (χ1) is 10.1. The van der Waals surface area contributed by atoms with Gasteiger partial charge in [0.15, 0.2) is 0 Å². The van der Waals surface area contributed by atoms with Crippen molar-refractivity contribution < 1.29 is 9.18 Å². The third-order valence-corrected chi connectivity index (χ3v) is 3.41. The van der Waals surface area contributed by atoms with Gasteiger partial charge in [-0.1, -0.05) is 39.4 Å². The van der Waals surface area contributed by atoms with Crippen molar-refractivity contribution >= 4 is 33.4 Å². The summed E-state index contributed by atoms with van der Waals surface area (Å²) in [4.78, 5) is 11.9. The number of amides is 1. The van der Waals surface area contributed by atoms with Crippen LogP contribution in [0.15, 0.2) is 46.9 Å². The van der Waals surface area contributed by atoms with E-state index in [2.05, 4.69) is 33.1 Å². The fraction of sp³-hybridized carbons (Fsp3) is 0.0625. The summed E-state index contributed by atoms with van der Waals surface area (Å²) in [5, 5.41) is 3.03. The number of rotatable bonds is 2. The predicted octanol–water partition coefficient (Wildman–Crippen LogP) is 4.02. The van der Waals surface area contributed by atoms with Crippen molar-refractivity contribution in [2.45, 2.75) is 0 Å². The number of halogens is 3. The lowest BCUT2D eigenvalue weighted by Crippen LogP contribution is -2.23. The Morgan fingerprint density at radius 2 is 1.95 bits per heavy atom. The summed E-state index contributed by atoms with van der Waals surface area (Å²) in [5.41, 5.74) is 1.07. The quantitative estimate of drug-likeness (QED) is 0.799. The van der Waals surface area contributed by atoms with Crippen molar-refractivity contribution in [3.8, 4) is 11.8 Å². The zero-order valence-corrected chi connectivity index (χ0v) is 13.1. The molecule has 2 nitrogen and oxygen atoms in total. The number of nitrogens with one attached hydrogen (secondary N) is 1. The predicted molar refractivity (Wildman–Crippen MR) is 84.8 cm³/mol. The van der Waals surface area contributed by atoms with Crippen LogP contribution in [0.2, 0.25) is 5.02 Å². The lowest BCUT2D eigenvalue weighted by atomic mass is 10.2. The molecule has 1 amide bonds. The minimum atomic E-state index is -0.307. The molecule has 2 rings (SSSR count). The van der Waals surface area contributed by atoms with E-state index in [1.807, 2.05) is 0 Å². The zero-order chi connectivity index (χ0) is 15.2. The molecule has 0 aliphatic carbocycles. The summed E-state index contributed by atoms with van der Waals surface area (Å²) in [6.07, 6.45) is 0. The normalized spacial score (nSPS) is 9.67. The largest absolute Gasteiger partial charge is 0.341 e. The van der Waals surface area contributed by atoms with E-state index in [9.17, 15) is 9.18 Å². The minimum Gasteiger partial charge on any atom is -0.341 e. The van der Waals surface area contributed by atoms with Crippen LogP contribution in [0.25, 0.3) is 0 Å². The number of carbonyl (C=O) groups excluding carboxylic acids is 1. The van der Waals surface area contributed by atoms with Crippen LogP contribution in [-0.4, -0.2) is 12.5 Å². The van der Waals surface area contributed by atoms with Crippen molar-refractivity contribution in [2.24, 2.45) is 0 Å². The highest BCUT2D eigenvalue weighted by atomic mass is 79.9. The highest BCUT2D eigenvalue weighted by molar-refractivity contribution is 9.10. The van der Waals surface area contributed by atoms with Gasteiger partial charge in [0.25, 0.3) is 5.91 Å². The molecular weight excluding hydrogens is 357 g/mol. The molecular formula is C16H10BrClFNO. The molecule has 0 heterocycles. The lowest BCUT2D eigenvalue weighted by molar-refractivity contribution is 0.0959. The Morgan fingerprint density at radius 1 is 1.24 bits per heavy atom. The number of hydrogen-bond donors (Lipinski definition) is 1. The highest BCUT2D eigenvalue weighted by Crippen LogP contribution is 2.20. The number of carbonyl (C=O) groups is 1. The maximum absolute atomic E-state index is 12.7. The number of hydrogen-bond acceptors (Lipinski definition) is 1. The molecule has 21 heavy (non-hydrogen) atoms. The van der Waals surface area contributed by atoms with E-state index in [1.54, 1.807) is 30.3 Å². The molecule has 0 aliphatic rings. The Hall–Kier alpha value is -1.83. The monoisotopic (exact) mass is 365 g/mol. The van der Waals surface area contributed by atoms with Gasteiger partial charge in [-0.05, 0) is 42.5 Å². The van der Waals surface area contributed by atoms with Crippen molar-refractivity contribution in [2.75, 3.05) is 6.54 Å². The maximum atomic E-state index is 12.7. The third-order valence-electron chi connectivity index (χ3n) is 2.59. The first kappa shape index (κ1) is 15.6. The minimum absolute atomic E-state index is 0.180. The summed E-state index contributed by atoms with van der Waals surface area (Å²) < 4.78 is 13.5. The van der Waals surface area contributed by atoms with Crippen LogP contribution in [0.4, 0.5) is 4.39 Å². The molecule has 2 aromatic carbocycles. The van der Waals surface area contributed by atoms with Crippen LogP contribution < -0.4 is 5.32 Å². The topological polar surface area (TPSA) is 29.1 Å². The summed E-state index contributed by atoms with van der Waals surface area (Å²) in [7, 11) is 0. The fourth-order valence-electron chi connectivity index (χ4n) is 1.57. The van der Waals surface area contributed by atoms with Gasteiger partial charge in [0.1, 0.15) is 5.82 Å². The summed E-state index contributed by atoms with van der Waals surface area (Å²) >= 11 is 9.25. The van der Waals surface area contributed by atoms with Crippen LogP contribution in [0.3, 0.4) is 0 Å². The van der Waals surface area contributed by atoms with Gasteiger partial charge in [0.05, 0.1) is 17.1 Å². The highest BCUT2D eigenvalue weighted by Gasteiger charge is 2.09. The summed E-state index contributed by atoms with van der Waals surface area (Å²) in [6.45, 7) is 0.180. The molecule has 0 bridgehead atoms. The fourth-order valence-corrected chi connectivity index (χ4v) is 2.14. The number of benzene rings is 2. The molecule has 0 saturated carbocycles. The molecule has 0 unspecified atom stereocenters. The Balaban J connectivity index is 1.96. The zero-order valence-electron chi connectivity index (χ0n) is 10.8. The Labute approximate surface area is 135 Å². The van der Waals surface area contributed by atoms with E-state index in [0.717, 1.165) is 4.47 Å². The first-order valence-corrected chi connectivity index (χ1v) is 7.21. The molecule has 0 spiro atoms. The van der Waals surface area contributed by atoms with Crippen molar-refractivity contribution in [3.63, 3.8) is 0 Å². The van der Waals surface area contributed by atoms with Crippen LogP contribution in [0.1, 0.15) is 15.9 Å². The van der Waals surface area contributed by atoms with Gasteiger partial charge in [-0.3, -0.25) is 4.79 Å².